The molecule has 2 rings (SSSR count). The van der Waals surface area contributed by atoms with Crippen LogP contribution in [-0.4, -0.2) is 16.3 Å². The Labute approximate surface area is 66.5 Å². The van der Waals surface area contributed by atoms with Crippen LogP contribution < -0.4 is 0 Å². The molecule has 0 amide bonds. The third-order valence-corrected chi connectivity index (χ3v) is 2.44. The Kier molecular flexibility index (Phi) is 1.70. The summed E-state index contributed by atoms with van der Waals surface area (Å²) in [6, 6.07) is 4.54. The summed E-state index contributed by atoms with van der Waals surface area (Å²) in [7, 11) is 0. The first kappa shape index (κ1) is 6.92. The molecule has 0 aromatic carbocycles. The first-order valence-electron chi connectivity index (χ1n) is 4.18. The van der Waals surface area contributed by atoms with Crippen LogP contribution in [0.1, 0.15) is 24.6 Å². The second-order valence-electron chi connectivity index (χ2n) is 3.14. The van der Waals surface area contributed by atoms with E-state index in [2.05, 4.69) is 22.9 Å². The fraction of sp³-hybridized carbons (Fsp3) is 0.556. The van der Waals surface area contributed by atoms with E-state index in [9.17, 15) is 0 Å². The lowest BCUT2D eigenvalue weighted by Crippen LogP contribution is -2.19. The van der Waals surface area contributed by atoms with E-state index in [1.54, 1.807) is 0 Å². The average molecular weight is 151 g/mol. The van der Waals surface area contributed by atoms with E-state index in [0.29, 0.717) is 6.04 Å². The summed E-state index contributed by atoms with van der Waals surface area (Å²) in [5.41, 5.74) is 1.37. The number of aliphatic hydroxyl groups is 1. The fourth-order valence-electron chi connectivity index (χ4n) is 1.83. The van der Waals surface area contributed by atoms with Gasteiger partial charge in [0.05, 0.1) is 12.6 Å². The zero-order valence-corrected chi connectivity index (χ0v) is 6.53. The highest BCUT2D eigenvalue weighted by Crippen LogP contribution is 2.24. The maximum Gasteiger partial charge on any atom is 0.0638 e. The van der Waals surface area contributed by atoms with E-state index >= 15 is 0 Å². The number of fused-ring (bicyclic) bond motifs is 1. The van der Waals surface area contributed by atoms with Gasteiger partial charge in [0, 0.05) is 11.9 Å². The van der Waals surface area contributed by atoms with Crippen molar-refractivity contribution in [2.24, 2.45) is 0 Å². The minimum absolute atomic E-state index is 0.279. The molecule has 1 aromatic rings. The van der Waals surface area contributed by atoms with Crippen molar-refractivity contribution in [1.82, 2.24) is 4.57 Å². The maximum atomic E-state index is 9.04. The van der Waals surface area contributed by atoms with Gasteiger partial charge in [0.1, 0.15) is 0 Å². The molecule has 1 aliphatic heterocycles. The molecule has 0 aliphatic carbocycles. The number of hydrogen-bond donors (Lipinski definition) is 1. The van der Waals surface area contributed by atoms with Crippen LogP contribution in [0.4, 0.5) is 0 Å². The molecule has 2 heteroatoms. The van der Waals surface area contributed by atoms with Gasteiger partial charge in [0.2, 0.25) is 0 Å². The van der Waals surface area contributed by atoms with Crippen molar-refractivity contribution in [2.75, 3.05) is 6.61 Å². The first-order chi connectivity index (χ1) is 5.42. The molecule has 0 radical (unpaired) electrons. The Morgan fingerprint density at radius 3 is 3.36 bits per heavy atom. The van der Waals surface area contributed by atoms with Crippen LogP contribution in [-0.2, 0) is 6.42 Å². The first-order valence-corrected chi connectivity index (χ1v) is 4.18. The van der Waals surface area contributed by atoms with Gasteiger partial charge in [0.25, 0.3) is 0 Å². The summed E-state index contributed by atoms with van der Waals surface area (Å²) < 4.78 is 2.20. The minimum Gasteiger partial charge on any atom is -0.394 e. The molecule has 1 atom stereocenters. The molecule has 0 fully saturated rings. The largest absolute Gasteiger partial charge is 0.394 e. The van der Waals surface area contributed by atoms with E-state index in [-0.39, 0.29) is 6.61 Å². The van der Waals surface area contributed by atoms with Crippen LogP contribution in [0.5, 0.6) is 0 Å². The molecule has 1 aromatic heterocycles. The molecule has 0 saturated heterocycles. The number of aromatic nitrogens is 1. The highest BCUT2D eigenvalue weighted by atomic mass is 16.3. The lowest BCUT2D eigenvalue weighted by Gasteiger charge is -2.24. The molecule has 1 aliphatic rings. The standard InChI is InChI=1S/C9H13NO/c11-7-9-4-1-3-8-5-2-6-10(8)9/h2,5-6,9,11H,1,3-4,7H2/t9-/m0/s1. The summed E-state index contributed by atoms with van der Waals surface area (Å²) in [6.45, 7) is 0.279. The lowest BCUT2D eigenvalue weighted by molar-refractivity contribution is 0.207. The molecule has 1 N–H and O–H groups in total. The van der Waals surface area contributed by atoms with Gasteiger partial charge in [-0.15, -0.1) is 0 Å². The number of nitrogens with zero attached hydrogens (tertiary/aromatic N) is 1. The van der Waals surface area contributed by atoms with E-state index in [0.717, 1.165) is 6.42 Å². The van der Waals surface area contributed by atoms with Gasteiger partial charge in [0.15, 0.2) is 0 Å². The molecule has 0 spiro atoms. The Balaban J connectivity index is 2.32. The summed E-state index contributed by atoms with van der Waals surface area (Å²) in [6.07, 6.45) is 5.58. The van der Waals surface area contributed by atoms with Crippen molar-refractivity contribution in [2.45, 2.75) is 25.3 Å². The van der Waals surface area contributed by atoms with Crippen molar-refractivity contribution in [3.8, 4) is 0 Å². The van der Waals surface area contributed by atoms with Crippen molar-refractivity contribution in [3.05, 3.63) is 24.0 Å². The highest BCUT2D eigenvalue weighted by molar-refractivity contribution is 5.10. The topological polar surface area (TPSA) is 25.2 Å². The van der Waals surface area contributed by atoms with Gasteiger partial charge in [-0.3, -0.25) is 0 Å². The van der Waals surface area contributed by atoms with Crippen LogP contribution in [0.25, 0.3) is 0 Å². The fourth-order valence-corrected chi connectivity index (χ4v) is 1.83. The average Bonchev–Trinajstić information content (AvgIpc) is 2.50. The van der Waals surface area contributed by atoms with Crippen LogP contribution in [0, 0.1) is 0 Å². The Hall–Kier alpha value is -0.760. The van der Waals surface area contributed by atoms with Crippen molar-refractivity contribution < 1.29 is 5.11 Å². The van der Waals surface area contributed by atoms with Gasteiger partial charge < -0.3 is 9.67 Å². The molecule has 2 heterocycles. The van der Waals surface area contributed by atoms with Gasteiger partial charge in [-0.2, -0.15) is 0 Å². The number of hydrogen-bond acceptors (Lipinski definition) is 1. The summed E-state index contributed by atoms with van der Waals surface area (Å²) in [4.78, 5) is 0. The molecular weight excluding hydrogens is 138 g/mol. The third-order valence-electron chi connectivity index (χ3n) is 2.44. The van der Waals surface area contributed by atoms with Crippen LogP contribution in [0.3, 0.4) is 0 Å². The second kappa shape index (κ2) is 2.70. The predicted molar refractivity (Wildman–Crippen MR) is 43.5 cm³/mol. The molecule has 0 unspecified atom stereocenters. The Morgan fingerprint density at radius 1 is 1.64 bits per heavy atom. The summed E-state index contributed by atoms with van der Waals surface area (Å²) in [5.74, 6) is 0. The number of aliphatic hydroxyl groups excluding tert-OH is 1. The van der Waals surface area contributed by atoms with Crippen LogP contribution >= 0.6 is 0 Å². The molecule has 0 saturated carbocycles. The quantitative estimate of drug-likeness (QED) is 0.644. The van der Waals surface area contributed by atoms with E-state index < -0.39 is 0 Å². The summed E-state index contributed by atoms with van der Waals surface area (Å²) in [5, 5.41) is 9.04. The van der Waals surface area contributed by atoms with Crippen molar-refractivity contribution >= 4 is 0 Å². The zero-order chi connectivity index (χ0) is 7.68. The summed E-state index contributed by atoms with van der Waals surface area (Å²) >= 11 is 0. The predicted octanol–water partition coefficient (Wildman–Crippen LogP) is 1.36. The lowest BCUT2D eigenvalue weighted by atomic mass is 10.0. The maximum absolute atomic E-state index is 9.04. The van der Waals surface area contributed by atoms with E-state index in [4.69, 9.17) is 5.11 Å². The monoisotopic (exact) mass is 151 g/mol. The van der Waals surface area contributed by atoms with E-state index in [1.807, 2.05) is 0 Å². The minimum atomic E-state index is 0.279. The van der Waals surface area contributed by atoms with Gasteiger partial charge >= 0.3 is 0 Å². The zero-order valence-electron chi connectivity index (χ0n) is 6.53. The SMILES string of the molecule is OC[C@@H]1CCCc2cccn21. The van der Waals surface area contributed by atoms with Gasteiger partial charge in [-0.1, -0.05) is 0 Å². The highest BCUT2D eigenvalue weighted by Gasteiger charge is 2.16. The second-order valence-corrected chi connectivity index (χ2v) is 3.14. The molecule has 0 bridgehead atoms. The van der Waals surface area contributed by atoms with E-state index in [1.165, 1.54) is 18.5 Å². The smallest absolute Gasteiger partial charge is 0.0638 e. The molecular formula is C9H13NO. The number of rotatable bonds is 1. The van der Waals surface area contributed by atoms with Crippen molar-refractivity contribution in [1.29, 1.82) is 0 Å². The van der Waals surface area contributed by atoms with Gasteiger partial charge in [-0.05, 0) is 31.4 Å². The van der Waals surface area contributed by atoms with Crippen molar-refractivity contribution in [3.63, 3.8) is 0 Å². The molecule has 60 valence electrons. The Morgan fingerprint density at radius 2 is 2.55 bits per heavy atom. The number of aryl methyl sites for hydroxylation is 1. The van der Waals surface area contributed by atoms with Gasteiger partial charge in [-0.25, -0.2) is 0 Å². The van der Waals surface area contributed by atoms with Crippen LogP contribution in [0.15, 0.2) is 18.3 Å². The third kappa shape index (κ3) is 1.07. The molecule has 11 heavy (non-hydrogen) atoms. The van der Waals surface area contributed by atoms with Crippen LogP contribution in [0.2, 0.25) is 0 Å². The normalized spacial score (nSPS) is 23.2. The Bertz CT molecular complexity index is 241. The molecule has 2 nitrogen and oxygen atoms in total.